The van der Waals surface area contributed by atoms with Crippen LogP contribution in [0.2, 0.25) is 0 Å². The van der Waals surface area contributed by atoms with E-state index in [9.17, 15) is 14.7 Å². The number of nitrogens with one attached hydrogen (secondary N) is 1. The first-order valence-corrected chi connectivity index (χ1v) is 9.59. The average Bonchev–Trinajstić information content (AvgIpc) is 3.13. The van der Waals surface area contributed by atoms with Gasteiger partial charge in [-0.15, -0.1) is 0 Å². The van der Waals surface area contributed by atoms with Gasteiger partial charge in [-0.05, 0) is 12.1 Å². The van der Waals surface area contributed by atoms with Crippen LogP contribution in [0.4, 0.5) is 5.69 Å². The second-order valence-corrected chi connectivity index (χ2v) is 7.12. The van der Waals surface area contributed by atoms with Crippen LogP contribution < -0.4 is 5.32 Å². The smallest absolute Gasteiger partial charge is 0.308 e. The molecule has 10 heteroatoms. The first-order valence-electron chi connectivity index (χ1n) is 8.86. The number of carboxylic acid groups (broad SMARTS) is 1. The fourth-order valence-corrected chi connectivity index (χ4v) is 3.76. The summed E-state index contributed by atoms with van der Waals surface area (Å²) in [5.74, 6) is -2.10. The summed E-state index contributed by atoms with van der Waals surface area (Å²) in [5.41, 5.74) is 1.86. The summed E-state index contributed by atoms with van der Waals surface area (Å²) < 4.78 is 8.30. The Morgan fingerprint density at radius 1 is 1.19 bits per heavy atom. The number of aliphatic hydroxyl groups is 1. The van der Waals surface area contributed by atoms with Gasteiger partial charge in [0.25, 0.3) is 0 Å². The van der Waals surface area contributed by atoms with E-state index in [2.05, 4.69) is 23.9 Å². The number of fused-ring (bicyclic) bond motifs is 1. The molecule has 9 nitrogen and oxygen atoms in total. The molecule has 146 valence electrons. The molecule has 0 radical (unpaired) electrons. The fourth-order valence-electron chi connectivity index (χ4n) is 3.21. The Morgan fingerprint density at radius 2 is 1.93 bits per heavy atom. The summed E-state index contributed by atoms with van der Waals surface area (Å²) in [6.45, 7) is 4.13. The predicted molar refractivity (Wildman–Crippen MR) is 102 cm³/mol. The lowest BCUT2D eigenvalue weighted by molar-refractivity contribution is -0.144. The zero-order chi connectivity index (χ0) is 19.2. The first kappa shape index (κ1) is 19.6. The SMILES string of the molecule is O=C(C[C@@H](CN1CCN(CCO)CC1)C(=O)O)Nc1cccc2nsnc12. The van der Waals surface area contributed by atoms with Crippen molar-refractivity contribution in [1.82, 2.24) is 18.5 Å². The molecule has 0 bridgehead atoms. The summed E-state index contributed by atoms with van der Waals surface area (Å²) in [7, 11) is 0. The third-order valence-corrected chi connectivity index (χ3v) is 5.24. The van der Waals surface area contributed by atoms with Crippen molar-refractivity contribution in [2.75, 3.05) is 51.2 Å². The highest BCUT2D eigenvalue weighted by Crippen LogP contribution is 2.22. The second-order valence-electron chi connectivity index (χ2n) is 6.59. The maximum absolute atomic E-state index is 12.4. The quantitative estimate of drug-likeness (QED) is 0.587. The van der Waals surface area contributed by atoms with Gasteiger partial charge in [-0.1, -0.05) is 6.07 Å². The zero-order valence-electron chi connectivity index (χ0n) is 14.9. The van der Waals surface area contributed by atoms with Crippen molar-refractivity contribution in [1.29, 1.82) is 0 Å². The molecule has 0 unspecified atom stereocenters. The van der Waals surface area contributed by atoms with Crippen molar-refractivity contribution in [2.45, 2.75) is 6.42 Å². The van der Waals surface area contributed by atoms with Crippen LogP contribution in [-0.4, -0.2) is 86.5 Å². The van der Waals surface area contributed by atoms with Gasteiger partial charge < -0.3 is 15.5 Å². The first-order chi connectivity index (χ1) is 13.1. The van der Waals surface area contributed by atoms with E-state index in [0.717, 1.165) is 37.9 Å². The van der Waals surface area contributed by atoms with Gasteiger partial charge in [0, 0.05) is 45.7 Å². The largest absolute Gasteiger partial charge is 0.481 e. The van der Waals surface area contributed by atoms with Crippen molar-refractivity contribution in [3.63, 3.8) is 0 Å². The number of aromatic nitrogens is 2. The Labute approximate surface area is 160 Å². The molecular weight excluding hydrogens is 370 g/mol. The third kappa shape index (κ3) is 5.19. The number of carbonyl (C=O) groups excluding carboxylic acids is 1. The van der Waals surface area contributed by atoms with Crippen LogP contribution in [0, 0.1) is 5.92 Å². The molecule has 1 aromatic heterocycles. The number of anilines is 1. The second kappa shape index (κ2) is 9.18. The molecule has 1 aliphatic heterocycles. The Balaban J connectivity index is 1.55. The molecule has 0 saturated carbocycles. The van der Waals surface area contributed by atoms with Gasteiger partial charge in [0.05, 0.1) is 29.9 Å². The number of hydrogen-bond acceptors (Lipinski definition) is 8. The van der Waals surface area contributed by atoms with Crippen LogP contribution >= 0.6 is 11.7 Å². The summed E-state index contributed by atoms with van der Waals surface area (Å²) in [6, 6.07) is 5.32. The van der Waals surface area contributed by atoms with Gasteiger partial charge in [-0.2, -0.15) is 8.75 Å². The molecule has 1 saturated heterocycles. The maximum atomic E-state index is 12.4. The number of carboxylic acids is 1. The number of piperazine rings is 1. The number of aliphatic hydroxyl groups excluding tert-OH is 1. The number of hydrogen-bond donors (Lipinski definition) is 3. The molecular formula is C17H23N5O4S. The molecule has 1 fully saturated rings. The number of aliphatic carboxylic acids is 1. The highest BCUT2D eigenvalue weighted by molar-refractivity contribution is 7.00. The lowest BCUT2D eigenvalue weighted by Gasteiger charge is -2.35. The summed E-state index contributed by atoms with van der Waals surface area (Å²) >= 11 is 1.07. The topological polar surface area (TPSA) is 119 Å². The monoisotopic (exact) mass is 393 g/mol. The molecule has 27 heavy (non-hydrogen) atoms. The van der Waals surface area contributed by atoms with Crippen LogP contribution in [-0.2, 0) is 9.59 Å². The summed E-state index contributed by atoms with van der Waals surface area (Å²) in [4.78, 5) is 28.2. The van der Waals surface area contributed by atoms with E-state index in [1.54, 1.807) is 12.1 Å². The Kier molecular flexibility index (Phi) is 6.67. The molecule has 1 atom stereocenters. The van der Waals surface area contributed by atoms with E-state index in [1.807, 2.05) is 6.07 Å². The number of β-amino-alcohol motifs (C(OH)–C–C–N with tert-alkyl or cyclic N) is 1. The van der Waals surface area contributed by atoms with E-state index in [-0.39, 0.29) is 18.9 Å². The number of amides is 1. The molecule has 2 heterocycles. The third-order valence-electron chi connectivity index (χ3n) is 4.70. The van der Waals surface area contributed by atoms with Crippen molar-refractivity contribution >= 4 is 40.3 Å². The van der Waals surface area contributed by atoms with Gasteiger partial charge in [0.15, 0.2) is 0 Å². The molecule has 2 aromatic rings. The summed E-state index contributed by atoms with van der Waals surface area (Å²) in [5, 5.41) is 21.3. The zero-order valence-corrected chi connectivity index (χ0v) is 15.7. The molecule has 0 spiro atoms. The number of rotatable bonds is 8. The normalized spacial score (nSPS) is 17.1. The van der Waals surface area contributed by atoms with Gasteiger partial charge >= 0.3 is 5.97 Å². The average molecular weight is 393 g/mol. The Hall–Kier alpha value is -2.14. The molecule has 1 aliphatic rings. The fraction of sp³-hybridized carbons (Fsp3) is 0.529. The molecule has 0 aliphatic carbocycles. The van der Waals surface area contributed by atoms with Crippen LogP contribution in [0.25, 0.3) is 11.0 Å². The number of carbonyl (C=O) groups is 2. The van der Waals surface area contributed by atoms with Crippen molar-refractivity contribution in [2.24, 2.45) is 5.92 Å². The highest BCUT2D eigenvalue weighted by atomic mass is 32.1. The standard InChI is InChI=1S/C17H23N5O4S/c23-9-8-21-4-6-22(7-5-21)11-12(17(25)26)10-15(24)18-13-2-1-3-14-16(13)20-27-19-14/h1-3,12,23H,4-11H2,(H,18,24)(H,25,26)/t12-/m0/s1. The van der Waals surface area contributed by atoms with Crippen LogP contribution in [0.3, 0.4) is 0 Å². The lowest BCUT2D eigenvalue weighted by Crippen LogP contribution is -2.49. The van der Waals surface area contributed by atoms with Crippen molar-refractivity contribution in [3.8, 4) is 0 Å². The minimum absolute atomic E-state index is 0.0971. The Bertz CT molecular complexity index is 790. The van der Waals surface area contributed by atoms with E-state index in [1.165, 1.54) is 0 Å². The van der Waals surface area contributed by atoms with Crippen molar-refractivity contribution < 1.29 is 19.8 Å². The predicted octanol–water partition coefficient (Wildman–Crippen LogP) is 0.331. The molecule has 3 N–H and O–H groups in total. The summed E-state index contributed by atoms with van der Waals surface area (Å²) in [6.07, 6.45) is -0.0971. The number of nitrogens with zero attached hydrogens (tertiary/aromatic N) is 4. The minimum Gasteiger partial charge on any atom is -0.481 e. The maximum Gasteiger partial charge on any atom is 0.308 e. The molecule has 3 rings (SSSR count). The van der Waals surface area contributed by atoms with Gasteiger partial charge in [0.1, 0.15) is 11.0 Å². The van der Waals surface area contributed by atoms with E-state index < -0.39 is 11.9 Å². The van der Waals surface area contributed by atoms with Gasteiger partial charge in [-0.25, -0.2) is 0 Å². The van der Waals surface area contributed by atoms with Gasteiger partial charge in [-0.3, -0.25) is 19.4 Å². The van der Waals surface area contributed by atoms with Gasteiger partial charge in [0.2, 0.25) is 5.91 Å². The highest BCUT2D eigenvalue weighted by Gasteiger charge is 2.26. The van der Waals surface area contributed by atoms with E-state index >= 15 is 0 Å². The Morgan fingerprint density at radius 3 is 2.63 bits per heavy atom. The molecule has 1 amide bonds. The van der Waals surface area contributed by atoms with E-state index in [4.69, 9.17) is 5.11 Å². The molecule has 1 aromatic carbocycles. The van der Waals surface area contributed by atoms with Crippen LogP contribution in [0.15, 0.2) is 18.2 Å². The number of benzene rings is 1. The van der Waals surface area contributed by atoms with Crippen LogP contribution in [0.1, 0.15) is 6.42 Å². The van der Waals surface area contributed by atoms with E-state index in [0.29, 0.717) is 29.8 Å². The van der Waals surface area contributed by atoms with Crippen molar-refractivity contribution in [3.05, 3.63) is 18.2 Å². The minimum atomic E-state index is -0.975. The lowest BCUT2D eigenvalue weighted by atomic mass is 10.0. The van der Waals surface area contributed by atoms with Crippen LogP contribution in [0.5, 0.6) is 0 Å².